The largest absolute Gasteiger partial charge is 0.494 e. The summed E-state index contributed by atoms with van der Waals surface area (Å²) < 4.78 is 30.7. The minimum Gasteiger partial charge on any atom is -0.494 e. The fourth-order valence-corrected chi connectivity index (χ4v) is 3.27. The number of benzene rings is 1. The molecule has 1 N–H and O–H groups in total. The predicted octanol–water partition coefficient (Wildman–Crippen LogP) is 1.95. The zero-order chi connectivity index (χ0) is 19.0. The van der Waals surface area contributed by atoms with Crippen LogP contribution >= 0.6 is 0 Å². The molecule has 0 saturated carbocycles. The third kappa shape index (κ3) is 6.03. The van der Waals surface area contributed by atoms with E-state index in [1.165, 1.54) is 4.31 Å². The van der Waals surface area contributed by atoms with Gasteiger partial charge in [-0.05, 0) is 43.3 Å². The highest BCUT2D eigenvalue weighted by molar-refractivity contribution is 7.92. The van der Waals surface area contributed by atoms with E-state index in [0.717, 1.165) is 11.9 Å². The maximum Gasteiger partial charge on any atom is 0.232 e. The fourth-order valence-electron chi connectivity index (χ4n) is 2.35. The standard InChI is InChI=1S/C18H23N3O4S/c1-3-25-17-9-7-16(8-10-17)21(26(2,23)24)13-11-18(22)20-14-15-6-4-5-12-19-15/h4-10,12H,3,11,13-14H2,1-2H3,(H,20,22). The number of rotatable bonds is 9. The van der Waals surface area contributed by atoms with Crippen LogP contribution in [0.1, 0.15) is 19.0 Å². The maximum absolute atomic E-state index is 12.1. The van der Waals surface area contributed by atoms with Crippen LogP contribution in [0.2, 0.25) is 0 Å². The minimum absolute atomic E-state index is 0.0487. The number of aromatic nitrogens is 1. The van der Waals surface area contributed by atoms with Gasteiger partial charge in [0.25, 0.3) is 0 Å². The van der Waals surface area contributed by atoms with Gasteiger partial charge in [-0.3, -0.25) is 14.1 Å². The molecule has 7 nitrogen and oxygen atoms in total. The van der Waals surface area contributed by atoms with Gasteiger partial charge in [0.15, 0.2) is 0 Å². The van der Waals surface area contributed by atoms with Crippen molar-refractivity contribution >= 4 is 21.6 Å². The van der Waals surface area contributed by atoms with Crippen LogP contribution in [-0.4, -0.2) is 38.7 Å². The number of carbonyl (C=O) groups excluding carboxylic acids is 1. The van der Waals surface area contributed by atoms with Crippen LogP contribution < -0.4 is 14.4 Å². The van der Waals surface area contributed by atoms with Crippen molar-refractivity contribution in [2.45, 2.75) is 19.9 Å². The number of anilines is 1. The normalized spacial score (nSPS) is 11.0. The lowest BCUT2D eigenvalue weighted by Crippen LogP contribution is -2.34. The van der Waals surface area contributed by atoms with E-state index in [4.69, 9.17) is 4.74 Å². The van der Waals surface area contributed by atoms with Crippen molar-refractivity contribution in [2.24, 2.45) is 0 Å². The summed E-state index contributed by atoms with van der Waals surface area (Å²) in [7, 11) is -3.51. The molecule has 8 heteroatoms. The molecular weight excluding hydrogens is 354 g/mol. The van der Waals surface area contributed by atoms with E-state index < -0.39 is 10.0 Å². The van der Waals surface area contributed by atoms with E-state index in [2.05, 4.69) is 10.3 Å². The van der Waals surface area contributed by atoms with Crippen molar-refractivity contribution in [1.29, 1.82) is 0 Å². The topological polar surface area (TPSA) is 88.6 Å². The van der Waals surface area contributed by atoms with Crippen molar-refractivity contribution in [3.63, 3.8) is 0 Å². The van der Waals surface area contributed by atoms with Crippen molar-refractivity contribution < 1.29 is 17.9 Å². The summed E-state index contributed by atoms with van der Waals surface area (Å²) in [6, 6.07) is 12.2. The van der Waals surface area contributed by atoms with Crippen LogP contribution in [-0.2, 0) is 21.4 Å². The molecule has 0 aliphatic rings. The summed E-state index contributed by atoms with van der Waals surface area (Å²) >= 11 is 0. The molecule has 2 aromatic rings. The molecule has 1 aromatic heterocycles. The molecule has 2 rings (SSSR count). The summed E-state index contributed by atoms with van der Waals surface area (Å²) in [5.74, 6) is 0.424. The highest BCUT2D eigenvalue weighted by atomic mass is 32.2. The Morgan fingerprint density at radius 3 is 2.50 bits per heavy atom. The van der Waals surface area contributed by atoms with Gasteiger partial charge in [0.1, 0.15) is 5.75 Å². The molecule has 26 heavy (non-hydrogen) atoms. The SMILES string of the molecule is CCOc1ccc(N(CCC(=O)NCc2ccccn2)S(C)(=O)=O)cc1. The lowest BCUT2D eigenvalue weighted by atomic mass is 10.3. The van der Waals surface area contributed by atoms with Gasteiger partial charge in [-0.15, -0.1) is 0 Å². The average Bonchev–Trinajstić information content (AvgIpc) is 2.61. The first-order chi connectivity index (χ1) is 12.4. The van der Waals surface area contributed by atoms with Crippen molar-refractivity contribution in [3.8, 4) is 5.75 Å². The van der Waals surface area contributed by atoms with Gasteiger partial charge in [0, 0.05) is 19.2 Å². The van der Waals surface area contributed by atoms with Gasteiger partial charge >= 0.3 is 0 Å². The summed E-state index contributed by atoms with van der Waals surface area (Å²) in [5.41, 5.74) is 1.24. The first-order valence-corrected chi connectivity index (χ1v) is 10.1. The fraction of sp³-hybridized carbons (Fsp3) is 0.333. The zero-order valence-electron chi connectivity index (χ0n) is 14.9. The van der Waals surface area contributed by atoms with Crippen LogP contribution in [0.3, 0.4) is 0 Å². The monoisotopic (exact) mass is 377 g/mol. The van der Waals surface area contributed by atoms with Gasteiger partial charge in [0.05, 0.1) is 30.8 Å². The molecule has 1 aromatic carbocycles. The Hall–Kier alpha value is -2.61. The van der Waals surface area contributed by atoms with Crippen LogP contribution in [0.25, 0.3) is 0 Å². The lowest BCUT2D eigenvalue weighted by molar-refractivity contribution is -0.121. The molecule has 0 unspecified atom stereocenters. The number of carbonyl (C=O) groups is 1. The Labute approximate surface area is 154 Å². The predicted molar refractivity (Wildman–Crippen MR) is 101 cm³/mol. The van der Waals surface area contributed by atoms with E-state index in [1.807, 2.05) is 19.1 Å². The highest BCUT2D eigenvalue weighted by Gasteiger charge is 2.18. The Morgan fingerprint density at radius 2 is 1.92 bits per heavy atom. The average molecular weight is 377 g/mol. The first kappa shape index (κ1) is 19.7. The third-order valence-corrected chi connectivity index (χ3v) is 4.76. The van der Waals surface area contributed by atoms with Crippen molar-refractivity contribution in [2.75, 3.05) is 23.7 Å². The third-order valence-electron chi connectivity index (χ3n) is 3.57. The smallest absolute Gasteiger partial charge is 0.232 e. The molecule has 0 aliphatic heterocycles. The van der Waals surface area contributed by atoms with E-state index >= 15 is 0 Å². The summed E-state index contributed by atoms with van der Waals surface area (Å²) in [6.45, 7) is 2.77. The second-order valence-corrected chi connectivity index (χ2v) is 7.52. The summed E-state index contributed by atoms with van der Waals surface area (Å²) in [5, 5.41) is 2.74. The Balaban J connectivity index is 1.96. The minimum atomic E-state index is -3.51. The van der Waals surface area contributed by atoms with Crippen LogP contribution in [0.15, 0.2) is 48.7 Å². The van der Waals surface area contributed by atoms with Crippen LogP contribution in [0, 0.1) is 0 Å². The van der Waals surface area contributed by atoms with E-state index in [0.29, 0.717) is 24.6 Å². The van der Waals surface area contributed by atoms with Gasteiger partial charge in [0.2, 0.25) is 15.9 Å². The summed E-state index contributed by atoms with van der Waals surface area (Å²) in [4.78, 5) is 16.2. The van der Waals surface area contributed by atoms with Crippen molar-refractivity contribution in [1.82, 2.24) is 10.3 Å². The molecule has 0 aliphatic carbocycles. The molecule has 1 heterocycles. The maximum atomic E-state index is 12.1. The first-order valence-electron chi connectivity index (χ1n) is 8.27. The van der Waals surface area contributed by atoms with Crippen molar-refractivity contribution in [3.05, 3.63) is 54.4 Å². The number of hydrogen-bond acceptors (Lipinski definition) is 5. The molecule has 0 fully saturated rings. The molecule has 140 valence electrons. The molecular formula is C18H23N3O4S. The number of hydrogen-bond donors (Lipinski definition) is 1. The number of nitrogens with one attached hydrogen (secondary N) is 1. The Bertz CT molecular complexity index is 808. The second kappa shape index (κ2) is 9.19. The van der Waals surface area contributed by atoms with Gasteiger partial charge < -0.3 is 10.1 Å². The Kier molecular flexibility index (Phi) is 6.97. The molecule has 0 atom stereocenters. The van der Waals surface area contributed by atoms with E-state index in [-0.39, 0.29) is 18.9 Å². The number of ether oxygens (including phenoxy) is 1. The van der Waals surface area contributed by atoms with Gasteiger partial charge in [-0.2, -0.15) is 0 Å². The molecule has 0 saturated heterocycles. The Morgan fingerprint density at radius 1 is 1.19 bits per heavy atom. The van der Waals surface area contributed by atoms with Crippen LogP contribution in [0.4, 0.5) is 5.69 Å². The number of amides is 1. The van der Waals surface area contributed by atoms with E-state index in [9.17, 15) is 13.2 Å². The molecule has 0 radical (unpaired) electrons. The lowest BCUT2D eigenvalue weighted by Gasteiger charge is -2.22. The van der Waals surface area contributed by atoms with Crippen LogP contribution in [0.5, 0.6) is 5.75 Å². The number of sulfonamides is 1. The molecule has 0 spiro atoms. The van der Waals surface area contributed by atoms with E-state index in [1.54, 1.807) is 36.5 Å². The molecule has 1 amide bonds. The zero-order valence-corrected chi connectivity index (χ0v) is 15.7. The molecule has 0 bridgehead atoms. The highest BCUT2D eigenvalue weighted by Crippen LogP contribution is 2.21. The number of nitrogens with zero attached hydrogens (tertiary/aromatic N) is 2. The van der Waals surface area contributed by atoms with Gasteiger partial charge in [-0.1, -0.05) is 6.07 Å². The number of pyridine rings is 1. The summed E-state index contributed by atoms with van der Waals surface area (Å²) in [6.07, 6.45) is 2.82. The second-order valence-electron chi connectivity index (χ2n) is 5.61. The quantitative estimate of drug-likeness (QED) is 0.722. The van der Waals surface area contributed by atoms with Gasteiger partial charge in [-0.25, -0.2) is 8.42 Å².